The number of hydrogen-bond donors (Lipinski definition) is 0. The van der Waals surface area contributed by atoms with Crippen LogP contribution < -0.4 is 0 Å². The van der Waals surface area contributed by atoms with Crippen LogP contribution >= 0.6 is 15.9 Å². The number of esters is 1. The van der Waals surface area contributed by atoms with Crippen LogP contribution in [-0.4, -0.2) is 13.1 Å². The highest BCUT2D eigenvalue weighted by Crippen LogP contribution is 2.25. The van der Waals surface area contributed by atoms with Gasteiger partial charge in [-0.1, -0.05) is 22.5 Å². The normalized spacial score (nSPS) is 9.38. The van der Waals surface area contributed by atoms with E-state index in [9.17, 15) is 9.18 Å². The zero-order valence-electron chi connectivity index (χ0n) is 8.38. The van der Waals surface area contributed by atoms with Gasteiger partial charge in [0.2, 0.25) is 0 Å². The Morgan fingerprint density at radius 2 is 2.25 bits per heavy atom. The molecule has 0 aliphatic carbocycles. The molecule has 0 aliphatic heterocycles. The molecule has 1 rings (SSSR count). The van der Waals surface area contributed by atoms with Gasteiger partial charge in [0.15, 0.2) is 0 Å². The number of carbonyl (C=O) groups is 1. The fraction of sp³-hybridized carbons (Fsp3) is 0.0909. The number of benzene rings is 1. The fourth-order valence-electron chi connectivity index (χ4n) is 1.18. The Hall–Kier alpha value is -1.67. The third kappa shape index (κ3) is 2.28. The summed E-state index contributed by atoms with van der Waals surface area (Å²) in [4.78, 5) is 11.4. The summed E-state index contributed by atoms with van der Waals surface area (Å²) in [5.41, 5.74) is -0.154. The maximum atomic E-state index is 13.6. The molecule has 0 saturated carbocycles. The highest BCUT2D eigenvalue weighted by atomic mass is 79.9. The van der Waals surface area contributed by atoms with Gasteiger partial charge < -0.3 is 4.74 Å². The summed E-state index contributed by atoms with van der Waals surface area (Å²) in [6.45, 7) is 3.45. The Kier molecular flexibility index (Phi) is 3.80. The maximum Gasteiger partial charge on any atom is 0.341 e. The van der Waals surface area contributed by atoms with Crippen molar-refractivity contribution in [2.24, 2.45) is 0 Å². The van der Waals surface area contributed by atoms with Crippen molar-refractivity contribution >= 4 is 27.5 Å². The van der Waals surface area contributed by atoms with Crippen molar-refractivity contribution in [1.82, 2.24) is 0 Å². The SMILES string of the molecule is C=C(C#N)c1cc(Br)cc(F)c1C(=O)OC. The molecule has 0 fully saturated rings. The molecule has 1 aromatic carbocycles. The van der Waals surface area contributed by atoms with Gasteiger partial charge in [0.1, 0.15) is 11.4 Å². The first-order valence-electron chi connectivity index (χ1n) is 4.18. The van der Waals surface area contributed by atoms with E-state index >= 15 is 0 Å². The summed E-state index contributed by atoms with van der Waals surface area (Å²) < 4.78 is 18.4. The second-order valence-corrected chi connectivity index (χ2v) is 3.81. The van der Waals surface area contributed by atoms with E-state index in [-0.39, 0.29) is 16.7 Å². The van der Waals surface area contributed by atoms with E-state index in [4.69, 9.17) is 5.26 Å². The molecule has 0 aliphatic rings. The van der Waals surface area contributed by atoms with Gasteiger partial charge in [-0.25, -0.2) is 9.18 Å². The van der Waals surface area contributed by atoms with Crippen LogP contribution in [-0.2, 0) is 4.74 Å². The molecule has 0 spiro atoms. The minimum atomic E-state index is -0.837. The second kappa shape index (κ2) is 4.90. The quantitative estimate of drug-likeness (QED) is 0.619. The largest absolute Gasteiger partial charge is 0.465 e. The first-order valence-corrected chi connectivity index (χ1v) is 4.97. The lowest BCUT2D eigenvalue weighted by Crippen LogP contribution is -2.08. The number of methoxy groups -OCH3 is 1. The highest BCUT2D eigenvalue weighted by molar-refractivity contribution is 9.10. The molecule has 0 atom stereocenters. The Bertz CT molecular complexity index is 505. The summed E-state index contributed by atoms with van der Waals surface area (Å²) in [7, 11) is 1.14. The van der Waals surface area contributed by atoms with Crippen LogP contribution in [0, 0.1) is 17.1 Å². The van der Waals surface area contributed by atoms with E-state index in [0.29, 0.717) is 4.47 Å². The van der Waals surface area contributed by atoms with Gasteiger partial charge in [-0.05, 0) is 12.1 Å². The first-order chi connectivity index (χ1) is 7.51. The minimum Gasteiger partial charge on any atom is -0.465 e. The number of nitrogens with zero attached hydrogens (tertiary/aromatic N) is 1. The molecule has 0 bridgehead atoms. The lowest BCUT2D eigenvalue weighted by Gasteiger charge is -2.08. The number of rotatable bonds is 2. The predicted octanol–water partition coefficient (Wildman–Crippen LogP) is 2.91. The van der Waals surface area contributed by atoms with Crippen LogP contribution in [0.5, 0.6) is 0 Å². The summed E-state index contributed by atoms with van der Waals surface area (Å²) in [5.74, 6) is -1.59. The van der Waals surface area contributed by atoms with E-state index in [1.807, 2.05) is 0 Å². The molecule has 0 unspecified atom stereocenters. The molecule has 0 saturated heterocycles. The zero-order chi connectivity index (χ0) is 12.3. The average Bonchev–Trinajstić information content (AvgIpc) is 2.26. The fourth-order valence-corrected chi connectivity index (χ4v) is 1.61. The molecule has 0 aromatic heterocycles. The van der Waals surface area contributed by atoms with E-state index < -0.39 is 11.8 Å². The van der Waals surface area contributed by atoms with Crippen molar-refractivity contribution < 1.29 is 13.9 Å². The molecule has 16 heavy (non-hydrogen) atoms. The van der Waals surface area contributed by atoms with Gasteiger partial charge in [0.25, 0.3) is 0 Å². The third-order valence-electron chi connectivity index (χ3n) is 1.90. The van der Waals surface area contributed by atoms with Gasteiger partial charge in [-0.3, -0.25) is 0 Å². The van der Waals surface area contributed by atoms with E-state index in [0.717, 1.165) is 13.2 Å². The number of ether oxygens (including phenoxy) is 1. The van der Waals surface area contributed by atoms with Crippen molar-refractivity contribution in [1.29, 1.82) is 5.26 Å². The third-order valence-corrected chi connectivity index (χ3v) is 2.36. The maximum absolute atomic E-state index is 13.6. The standard InChI is InChI=1S/C11H7BrFNO2/c1-6(5-14)8-3-7(12)4-9(13)10(8)11(15)16-2/h3-4H,1H2,2H3. The highest BCUT2D eigenvalue weighted by Gasteiger charge is 2.20. The average molecular weight is 284 g/mol. The van der Waals surface area contributed by atoms with Crippen molar-refractivity contribution in [3.63, 3.8) is 0 Å². The molecule has 0 radical (unpaired) electrons. The summed E-state index contributed by atoms with van der Waals surface area (Å²) in [5, 5.41) is 8.71. The minimum absolute atomic E-state index is 0.000556. The smallest absolute Gasteiger partial charge is 0.341 e. The Balaban J connectivity index is 3.51. The van der Waals surface area contributed by atoms with Crippen molar-refractivity contribution in [2.75, 3.05) is 7.11 Å². The van der Waals surface area contributed by atoms with Crippen LogP contribution in [0.4, 0.5) is 4.39 Å². The summed E-state index contributed by atoms with van der Waals surface area (Å²) >= 11 is 3.07. The topological polar surface area (TPSA) is 50.1 Å². The van der Waals surface area contributed by atoms with Crippen LogP contribution in [0.15, 0.2) is 23.2 Å². The van der Waals surface area contributed by atoms with Crippen LogP contribution in [0.25, 0.3) is 5.57 Å². The lowest BCUT2D eigenvalue weighted by atomic mass is 10.0. The Morgan fingerprint density at radius 1 is 1.62 bits per heavy atom. The van der Waals surface area contributed by atoms with Crippen molar-refractivity contribution in [3.05, 3.63) is 40.1 Å². The predicted molar refractivity (Wildman–Crippen MR) is 60.1 cm³/mol. The summed E-state index contributed by atoms with van der Waals surface area (Å²) in [6, 6.07) is 4.34. The van der Waals surface area contributed by atoms with Crippen molar-refractivity contribution in [2.45, 2.75) is 0 Å². The van der Waals surface area contributed by atoms with E-state index in [1.54, 1.807) is 6.07 Å². The second-order valence-electron chi connectivity index (χ2n) is 2.89. The number of allylic oxidation sites excluding steroid dienone is 1. The number of halogens is 2. The molecule has 82 valence electrons. The zero-order valence-corrected chi connectivity index (χ0v) is 9.97. The van der Waals surface area contributed by atoms with E-state index in [1.165, 1.54) is 6.07 Å². The lowest BCUT2D eigenvalue weighted by molar-refractivity contribution is 0.0595. The number of hydrogen-bond acceptors (Lipinski definition) is 3. The number of nitriles is 1. The van der Waals surface area contributed by atoms with Crippen molar-refractivity contribution in [3.8, 4) is 6.07 Å². The molecule has 5 heteroatoms. The summed E-state index contributed by atoms with van der Waals surface area (Å²) in [6.07, 6.45) is 0. The van der Waals surface area contributed by atoms with Crippen LogP contribution in [0.2, 0.25) is 0 Å². The van der Waals surface area contributed by atoms with Gasteiger partial charge in [0.05, 0.1) is 18.8 Å². The van der Waals surface area contributed by atoms with Crippen LogP contribution in [0.3, 0.4) is 0 Å². The van der Waals surface area contributed by atoms with Gasteiger partial charge in [-0.15, -0.1) is 0 Å². The van der Waals surface area contributed by atoms with Crippen LogP contribution in [0.1, 0.15) is 15.9 Å². The molecule has 1 aromatic rings. The number of carbonyl (C=O) groups excluding carboxylic acids is 1. The first kappa shape index (κ1) is 12.4. The molecular weight excluding hydrogens is 277 g/mol. The Labute approximate surface area is 100 Å². The van der Waals surface area contributed by atoms with Gasteiger partial charge in [0, 0.05) is 10.0 Å². The van der Waals surface area contributed by atoms with E-state index in [2.05, 4.69) is 27.2 Å². The molecular formula is C11H7BrFNO2. The molecule has 3 nitrogen and oxygen atoms in total. The Morgan fingerprint density at radius 3 is 2.75 bits per heavy atom. The monoisotopic (exact) mass is 283 g/mol. The molecule has 0 amide bonds. The molecule has 0 N–H and O–H groups in total. The van der Waals surface area contributed by atoms with Gasteiger partial charge >= 0.3 is 5.97 Å². The molecule has 0 heterocycles. The van der Waals surface area contributed by atoms with Gasteiger partial charge in [-0.2, -0.15) is 5.26 Å².